The van der Waals surface area contributed by atoms with Crippen molar-refractivity contribution in [3.8, 4) is 11.3 Å². The molecule has 104 valence electrons. The van der Waals surface area contributed by atoms with Crippen LogP contribution in [0.25, 0.3) is 11.3 Å². The van der Waals surface area contributed by atoms with Gasteiger partial charge in [-0.25, -0.2) is 4.98 Å². The van der Waals surface area contributed by atoms with E-state index < -0.39 is 0 Å². The Morgan fingerprint density at radius 1 is 1.15 bits per heavy atom. The van der Waals surface area contributed by atoms with Crippen molar-refractivity contribution in [1.82, 2.24) is 4.98 Å². The fraction of sp³-hybridized carbons (Fsp3) is 0.375. The third-order valence-electron chi connectivity index (χ3n) is 3.67. The zero-order valence-corrected chi connectivity index (χ0v) is 12.3. The topological polar surface area (TPSA) is 37.3 Å². The lowest BCUT2D eigenvalue weighted by Gasteiger charge is -2.16. The first-order valence-electron chi connectivity index (χ1n) is 7.22. The first-order chi connectivity index (χ1) is 9.92. The number of hydrogen-bond donors (Lipinski definition) is 1. The maximum absolute atomic E-state index is 4.56. The number of anilines is 1. The van der Waals surface area contributed by atoms with E-state index in [-0.39, 0.29) is 0 Å². The van der Waals surface area contributed by atoms with E-state index in [0.29, 0.717) is 5.92 Å². The molecule has 1 N–H and O–H groups in total. The molecule has 1 aliphatic carbocycles. The molecule has 1 saturated carbocycles. The van der Waals surface area contributed by atoms with Crippen LogP contribution in [0.2, 0.25) is 0 Å². The number of aromatic nitrogens is 1. The fourth-order valence-electron chi connectivity index (χ4n) is 2.55. The number of nitrogens with one attached hydrogen (secondary N) is 1. The molecule has 0 bridgehead atoms. The molecule has 0 saturated heterocycles. The predicted molar refractivity (Wildman–Crippen MR) is 86.2 cm³/mol. The van der Waals surface area contributed by atoms with Gasteiger partial charge in [-0.15, -0.1) is 11.3 Å². The summed E-state index contributed by atoms with van der Waals surface area (Å²) in [6.45, 7) is 0. The lowest BCUT2D eigenvalue weighted by Crippen LogP contribution is -2.08. The highest BCUT2D eigenvalue weighted by Crippen LogP contribution is 2.25. The van der Waals surface area contributed by atoms with Crippen LogP contribution < -0.4 is 5.43 Å². The van der Waals surface area contributed by atoms with Crippen molar-refractivity contribution in [2.45, 2.75) is 32.1 Å². The van der Waals surface area contributed by atoms with Crippen LogP contribution in [0.4, 0.5) is 5.13 Å². The SMILES string of the molecule is C(=N/Nc1nc(-c2ccccc2)cs1)/C1CCCCC1. The van der Waals surface area contributed by atoms with Crippen LogP contribution in [0.3, 0.4) is 0 Å². The van der Waals surface area contributed by atoms with Crippen molar-refractivity contribution in [3.05, 3.63) is 35.7 Å². The molecule has 2 aromatic rings. The molecule has 4 heteroatoms. The minimum absolute atomic E-state index is 0.643. The summed E-state index contributed by atoms with van der Waals surface area (Å²) >= 11 is 1.60. The van der Waals surface area contributed by atoms with Gasteiger partial charge in [0.05, 0.1) is 5.69 Å². The number of hydrogen-bond acceptors (Lipinski definition) is 4. The van der Waals surface area contributed by atoms with Crippen LogP contribution in [-0.4, -0.2) is 11.2 Å². The Balaban J connectivity index is 1.58. The van der Waals surface area contributed by atoms with E-state index in [9.17, 15) is 0 Å². The second-order valence-corrected chi connectivity index (χ2v) is 6.05. The lowest BCUT2D eigenvalue weighted by molar-refractivity contribution is 0.445. The van der Waals surface area contributed by atoms with Gasteiger partial charge in [-0.2, -0.15) is 5.10 Å². The Morgan fingerprint density at radius 3 is 2.75 bits per heavy atom. The second kappa shape index (κ2) is 6.66. The minimum atomic E-state index is 0.643. The highest BCUT2D eigenvalue weighted by atomic mass is 32.1. The van der Waals surface area contributed by atoms with Gasteiger partial charge in [-0.3, -0.25) is 5.43 Å². The van der Waals surface area contributed by atoms with E-state index >= 15 is 0 Å². The molecule has 0 unspecified atom stereocenters. The number of nitrogens with zero attached hydrogens (tertiary/aromatic N) is 2. The number of hydrazone groups is 1. The van der Waals surface area contributed by atoms with Crippen molar-refractivity contribution < 1.29 is 0 Å². The van der Waals surface area contributed by atoms with Crippen molar-refractivity contribution in [2.75, 3.05) is 5.43 Å². The summed E-state index contributed by atoms with van der Waals surface area (Å²) in [7, 11) is 0. The third kappa shape index (κ3) is 3.45. The summed E-state index contributed by atoms with van der Waals surface area (Å²) in [5.41, 5.74) is 5.21. The highest BCUT2D eigenvalue weighted by molar-refractivity contribution is 7.14. The molecule has 20 heavy (non-hydrogen) atoms. The smallest absolute Gasteiger partial charge is 0.203 e. The Kier molecular flexibility index (Phi) is 4.43. The first kappa shape index (κ1) is 13.3. The minimum Gasteiger partial charge on any atom is -0.253 e. The van der Waals surface area contributed by atoms with Crippen molar-refractivity contribution >= 4 is 22.7 Å². The van der Waals surface area contributed by atoms with E-state index in [0.717, 1.165) is 16.4 Å². The van der Waals surface area contributed by atoms with Gasteiger partial charge in [0.2, 0.25) is 5.13 Å². The van der Waals surface area contributed by atoms with E-state index in [1.165, 1.54) is 32.1 Å². The fourth-order valence-corrected chi connectivity index (χ4v) is 3.22. The zero-order chi connectivity index (χ0) is 13.6. The van der Waals surface area contributed by atoms with Crippen molar-refractivity contribution in [1.29, 1.82) is 0 Å². The monoisotopic (exact) mass is 285 g/mol. The third-order valence-corrected chi connectivity index (χ3v) is 4.42. The molecule has 3 nitrogen and oxygen atoms in total. The predicted octanol–water partition coefficient (Wildman–Crippen LogP) is 4.79. The van der Waals surface area contributed by atoms with E-state index in [4.69, 9.17) is 0 Å². The summed E-state index contributed by atoms with van der Waals surface area (Å²) in [5, 5.41) is 7.27. The average Bonchev–Trinajstić information content (AvgIpc) is 2.98. The van der Waals surface area contributed by atoms with Crippen LogP contribution in [0.5, 0.6) is 0 Å². The van der Waals surface area contributed by atoms with Crippen LogP contribution in [0.1, 0.15) is 32.1 Å². The molecule has 0 spiro atoms. The van der Waals surface area contributed by atoms with Gasteiger partial charge in [-0.1, -0.05) is 49.6 Å². The Morgan fingerprint density at radius 2 is 1.95 bits per heavy atom. The summed E-state index contributed by atoms with van der Waals surface area (Å²) in [6, 6.07) is 10.2. The lowest BCUT2D eigenvalue weighted by atomic mass is 9.90. The van der Waals surface area contributed by atoms with Crippen LogP contribution in [0.15, 0.2) is 40.8 Å². The van der Waals surface area contributed by atoms with Crippen molar-refractivity contribution in [3.63, 3.8) is 0 Å². The van der Waals surface area contributed by atoms with Gasteiger partial charge < -0.3 is 0 Å². The van der Waals surface area contributed by atoms with Crippen LogP contribution in [-0.2, 0) is 0 Å². The van der Waals surface area contributed by atoms with E-state index in [1.807, 2.05) is 18.2 Å². The van der Waals surface area contributed by atoms with Crippen molar-refractivity contribution in [2.24, 2.45) is 11.0 Å². The van der Waals surface area contributed by atoms with Gasteiger partial charge in [0.25, 0.3) is 0 Å². The van der Waals surface area contributed by atoms with Crippen LogP contribution >= 0.6 is 11.3 Å². The van der Waals surface area contributed by atoms with Gasteiger partial charge in [0.1, 0.15) is 0 Å². The standard InChI is InChI=1S/C16H19N3S/c1-3-7-13(8-4-1)11-17-19-16-18-15(12-20-16)14-9-5-2-6-10-14/h2,5-6,9-13H,1,3-4,7-8H2,(H,18,19)/b17-11-. The molecule has 0 amide bonds. The largest absolute Gasteiger partial charge is 0.253 e. The zero-order valence-electron chi connectivity index (χ0n) is 11.5. The van der Waals surface area contributed by atoms with E-state index in [2.05, 4.69) is 39.2 Å². The molecule has 1 aromatic heterocycles. The molecule has 0 radical (unpaired) electrons. The highest BCUT2D eigenvalue weighted by Gasteiger charge is 2.10. The molecule has 0 aliphatic heterocycles. The summed E-state index contributed by atoms with van der Waals surface area (Å²) in [5.74, 6) is 0.643. The maximum atomic E-state index is 4.56. The Labute approximate surface area is 123 Å². The molecule has 1 heterocycles. The number of benzene rings is 1. The number of thiazole rings is 1. The van der Waals surface area contributed by atoms with Gasteiger partial charge in [-0.05, 0) is 18.8 Å². The molecule has 1 aliphatic rings. The molecule has 0 atom stereocenters. The summed E-state index contributed by atoms with van der Waals surface area (Å²) in [4.78, 5) is 4.56. The second-order valence-electron chi connectivity index (χ2n) is 5.19. The van der Waals surface area contributed by atoms with Crippen LogP contribution in [0, 0.1) is 5.92 Å². The normalized spacial score (nSPS) is 16.6. The summed E-state index contributed by atoms with van der Waals surface area (Å²) in [6.07, 6.45) is 8.67. The molecular formula is C16H19N3S. The number of rotatable bonds is 4. The Bertz CT molecular complexity index is 556. The molecule has 1 fully saturated rings. The Hall–Kier alpha value is -1.68. The first-order valence-corrected chi connectivity index (χ1v) is 8.10. The van der Waals surface area contributed by atoms with Gasteiger partial charge in [0, 0.05) is 17.2 Å². The van der Waals surface area contributed by atoms with Gasteiger partial charge in [0.15, 0.2) is 0 Å². The van der Waals surface area contributed by atoms with Gasteiger partial charge >= 0.3 is 0 Å². The molecule has 1 aromatic carbocycles. The maximum Gasteiger partial charge on any atom is 0.203 e. The average molecular weight is 285 g/mol. The molecular weight excluding hydrogens is 266 g/mol. The quantitative estimate of drug-likeness (QED) is 0.648. The van der Waals surface area contributed by atoms with E-state index in [1.54, 1.807) is 11.3 Å². The molecule has 3 rings (SSSR count). The summed E-state index contributed by atoms with van der Waals surface area (Å²) < 4.78 is 0.